The molecular formula is C14H21ClN2O. The van der Waals surface area contributed by atoms with Crippen LogP contribution in [0, 0.1) is 5.92 Å². The van der Waals surface area contributed by atoms with Crippen molar-refractivity contribution in [1.29, 1.82) is 0 Å². The van der Waals surface area contributed by atoms with E-state index in [1.165, 1.54) is 19.3 Å². The van der Waals surface area contributed by atoms with Gasteiger partial charge in [0.05, 0.1) is 11.6 Å². The van der Waals surface area contributed by atoms with Gasteiger partial charge in [-0.15, -0.1) is 0 Å². The van der Waals surface area contributed by atoms with Gasteiger partial charge in [0.15, 0.2) is 0 Å². The summed E-state index contributed by atoms with van der Waals surface area (Å²) in [6.45, 7) is 3.33. The van der Waals surface area contributed by atoms with E-state index in [-0.39, 0.29) is 0 Å². The lowest BCUT2D eigenvalue weighted by molar-refractivity contribution is 0.340. The van der Waals surface area contributed by atoms with Crippen molar-refractivity contribution in [3.05, 3.63) is 23.2 Å². The van der Waals surface area contributed by atoms with Crippen LogP contribution < -0.4 is 15.8 Å². The summed E-state index contributed by atoms with van der Waals surface area (Å²) in [6.07, 6.45) is 3.66. The molecule has 1 aromatic rings. The standard InChI is InChI=1S/C14H21ClN2O/c1-2-18-14-7-6-11(8-12(14)15)17-13-5-3-4-10(13)9-16/h6-8,10,13,17H,2-5,9,16H2,1H3. The lowest BCUT2D eigenvalue weighted by Gasteiger charge is -2.21. The predicted octanol–water partition coefficient (Wildman–Crippen LogP) is 3.28. The number of rotatable bonds is 5. The summed E-state index contributed by atoms with van der Waals surface area (Å²) in [5.74, 6) is 1.32. The fourth-order valence-electron chi connectivity index (χ4n) is 2.59. The maximum Gasteiger partial charge on any atom is 0.138 e. The number of halogens is 1. The van der Waals surface area contributed by atoms with Gasteiger partial charge in [-0.05, 0) is 50.4 Å². The summed E-state index contributed by atoms with van der Waals surface area (Å²) in [4.78, 5) is 0. The second-order valence-corrected chi connectivity index (χ2v) is 5.16. The molecule has 0 aromatic heterocycles. The van der Waals surface area contributed by atoms with E-state index < -0.39 is 0 Å². The van der Waals surface area contributed by atoms with Crippen molar-refractivity contribution in [1.82, 2.24) is 0 Å². The molecule has 0 heterocycles. The Morgan fingerprint density at radius 3 is 2.94 bits per heavy atom. The molecule has 4 heteroatoms. The van der Waals surface area contributed by atoms with E-state index in [4.69, 9.17) is 22.1 Å². The van der Waals surface area contributed by atoms with E-state index in [0.29, 0.717) is 23.6 Å². The lowest BCUT2D eigenvalue weighted by atomic mass is 10.0. The molecule has 2 unspecified atom stereocenters. The van der Waals surface area contributed by atoms with Crippen molar-refractivity contribution < 1.29 is 4.74 Å². The average molecular weight is 269 g/mol. The number of nitrogens with one attached hydrogen (secondary N) is 1. The molecule has 100 valence electrons. The zero-order valence-corrected chi connectivity index (χ0v) is 11.5. The maximum atomic E-state index is 6.17. The van der Waals surface area contributed by atoms with E-state index in [2.05, 4.69) is 5.32 Å². The number of hydrogen-bond acceptors (Lipinski definition) is 3. The molecule has 0 aliphatic heterocycles. The zero-order valence-electron chi connectivity index (χ0n) is 10.8. The van der Waals surface area contributed by atoms with E-state index in [1.807, 2.05) is 25.1 Å². The minimum atomic E-state index is 0.476. The molecule has 3 N–H and O–H groups in total. The molecular weight excluding hydrogens is 248 g/mol. The highest BCUT2D eigenvalue weighted by atomic mass is 35.5. The highest BCUT2D eigenvalue weighted by Gasteiger charge is 2.25. The summed E-state index contributed by atoms with van der Waals surface area (Å²) in [6, 6.07) is 6.34. The fraction of sp³-hybridized carbons (Fsp3) is 0.571. The Balaban J connectivity index is 2.03. The number of benzene rings is 1. The Kier molecular flexibility index (Phi) is 4.72. The number of nitrogens with two attached hydrogens (primary N) is 1. The van der Waals surface area contributed by atoms with Crippen LogP contribution >= 0.6 is 11.6 Å². The topological polar surface area (TPSA) is 47.3 Å². The molecule has 18 heavy (non-hydrogen) atoms. The molecule has 0 spiro atoms. The second kappa shape index (κ2) is 6.30. The Morgan fingerprint density at radius 2 is 2.28 bits per heavy atom. The van der Waals surface area contributed by atoms with Crippen molar-refractivity contribution in [2.45, 2.75) is 32.2 Å². The third kappa shape index (κ3) is 3.09. The van der Waals surface area contributed by atoms with Crippen LogP contribution in [0.2, 0.25) is 5.02 Å². The van der Waals surface area contributed by atoms with Crippen molar-refractivity contribution in [3.63, 3.8) is 0 Å². The van der Waals surface area contributed by atoms with Gasteiger partial charge in [-0.2, -0.15) is 0 Å². The van der Waals surface area contributed by atoms with E-state index in [9.17, 15) is 0 Å². The van der Waals surface area contributed by atoms with Gasteiger partial charge in [-0.3, -0.25) is 0 Å². The van der Waals surface area contributed by atoms with E-state index in [0.717, 1.165) is 18.0 Å². The van der Waals surface area contributed by atoms with Gasteiger partial charge in [0.25, 0.3) is 0 Å². The highest BCUT2D eigenvalue weighted by Crippen LogP contribution is 2.31. The molecule has 1 aromatic carbocycles. The molecule has 2 atom stereocenters. The van der Waals surface area contributed by atoms with Crippen LogP contribution in [0.1, 0.15) is 26.2 Å². The van der Waals surface area contributed by atoms with Crippen LogP contribution in [-0.2, 0) is 0 Å². The van der Waals surface area contributed by atoms with Gasteiger partial charge in [0, 0.05) is 11.7 Å². The van der Waals surface area contributed by atoms with Gasteiger partial charge in [-0.25, -0.2) is 0 Å². The minimum absolute atomic E-state index is 0.476. The zero-order chi connectivity index (χ0) is 13.0. The van der Waals surface area contributed by atoms with Crippen LogP contribution in [0.5, 0.6) is 5.75 Å². The van der Waals surface area contributed by atoms with Gasteiger partial charge < -0.3 is 15.8 Å². The molecule has 0 saturated heterocycles. The van der Waals surface area contributed by atoms with Gasteiger partial charge in [-0.1, -0.05) is 18.0 Å². The van der Waals surface area contributed by atoms with Crippen LogP contribution in [0.15, 0.2) is 18.2 Å². The predicted molar refractivity (Wildman–Crippen MR) is 76.4 cm³/mol. The van der Waals surface area contributed by atoms with Crippen molar-refractivity contribution in [2.24, 2.45) is 11.7 Å². The number of ether oxygens (including phenoxy) is 1. The Hall–Kier alpha value is -0.930. The Bertz CT molecular complexity index is 397. The first-order valence-corrected chi connectivity index (χ1v) is 7.01. The molecule has 0 bridgehead atoms. The monoisotopic (exact) mass is 268 g/mol. The summed E-state index contributed by atoms with van der Waals surface area (Å²) >= 11 is 6.17. The van der Waals surface area contributed by atoms with Gasteiger partial charge in [0.2, 0.25) is 0 Å². The first-order valence-electron chi connectivity index (χ1n) is 6.63. The SMILES string of the molecule is CCOc1ccc(NC2CCCC2CN)cc1Cl. The Labute approximate surface area is 114 Å². The third-order valence-corrected chi connectivity index (χ3v) is 3.84. The Morgan fingerprint density at radius 1 is 1.44 bits per heavy atom. The molecule has 1 fully saturated rings. The third-order valence-electron chi connectivity index (χ3n) is 3.55. The summed E-state index contributed by atoms with van der Waals surface area (Å²) < 4.78 is 5.42. The van der Waals surface area contributed by atoms with Crippen molar-refractivity contribution in [3.8, 4) is 5.75 Å². The molecule has 1 aliphatic carbocycles. The van der Waals surface area contributed by atoms with E-state index >= 15 is 0 Å². The summed E-state index contributed by atoms with van der Waals surface area (Å²) in [5, 5.41) is 4.19. The molecule has 0 amide bonds. The largest absolute Gasteiger partial charge is 0.492 e. The van der Waals surface area contributed by atoms with Gasteiger partial charge >= 0.3 is 0 Å². The van der Waals surface area contributed by atoms with Crippen LogP contribution in [-0.4, -0.2) is 19.2 Å². The van der Waals surface area contributed by atoms with Gasteiger partial charge in [0.1, 0.15) is 5.75 Å². The molecule has 0 radical (unpaired) electrons. The first kappa shape index (κ1) is 13.5. The van der Waals surface area contributed by atoms with E-state index in [1.54, 1.807) is 0 Å². The molecule has 2 rings (SSSR count). The number of anilines is 1. The number of hydrogen-bond donors (Lipinski definition) is 2. The van der Waals surface area contributed by atoms with Crippen molar-refractivity contribution >= 4 is 17.3 Å². The quantitative estimate of drug-likeness (QED) is 0.862. The minimum Gasteiger partial charge on any atom is -0.492 e. The average Bonchev–Trinajstić information content (AvgIpc) is 2.80. The summed E-state index contributed by atoms with van der Waals surface area (Å²) in [5.41, 5.74) is 6.84. The normalized spacial score (nSPS) is 23.1. The second-order valence-electron chi connectivity index (χ2n) is 4.76. The van der Waals surface area contributed by atoms with Crippen LogP contribution in [0.4, 0.5) is 5.69 Å². The maximum absolute atomic E-state index is 6.17. The first-order chi connectivity index (χ1) is 8.74. The molecule has 3 nitrogen and oxygen atoms in total. The van der Waals surface area contributed by atoms with Crippen LogP contribution in [0.25, 0.3) is 0 Å². The van der Waals surface area contributed by atoms with Crippen molar-refractivity contribution in [2.75, 3.05) is 18.5 Å². The molecule has 1 saturated carbocycles. The summed E-state index contributed by atoms with van der Waals surface area (Å²) in [7, 11) is 0. The smallest absolute Gasteiger partial charge is 0.138 e. The lowest BCUT2D eigenvalue weighted by Crippen LogP contribution is -2.29. The van der Waals surface area contributed by atoms with Crippen LogP contribution in [0.3, 0.4) is 0 Å². The highest BCUT2D eigenvalue weighted by molar-refractivity contribution is 6.32. The fourth-order valence-corrected chi connectivity index (χ4v) is 2.82. The molecule has 1 aliphatic rings.